The maximum absolute atomic E-state index is 12.5. The van der Waals surface area contributed by atoms with E-state index in [0.29, 0.717) is 17.9 Å². The summed E-state index contributed by atoms with van der Waals surface area (Å²) in [5.41, 5.74) is 1.32. The second kappa shape index (κ2) is 7.79. The number of para-hydroxylation sites is 1. The van der Waals surface area contributed by atoms with Crippen molar-refractivity contribution in [2.24, 2.45) is 0 Å². The van der Waals surface area contributed by atoms with Crippen LogP contribution in [0.1, 0.15) is 23.7 Å². The smallest absolute Gasteiger partial charge is 0.259 e. The zero-order valence-corrected chi connectivity index (χ0v) is 15.3. The van der Waals surface area contributed by atoms with Gasteiger partial charge in [-0.05, 0) is 59.3 Å². The summed E-state index contributed by atoms with van der Waals surface area (Å²) < 4.78 is 7.49. The third-order valence-electron chi connectivity index (χ3n) is 2.77. The lowest BCUT2D eigenvalue weighted by Gasteiger charge is -2.12. The Morgan fingerprint density at radius 2 is 2.05 bits per heavy atom. The first kappa shape index (κ1) is 16.3. The van der Waals surface area contributed by atoms with E-state index in [-0.39, 0.29) is 5.91 Å². The molecule has 0 atom stereocenters. The fourth-order valence-electron chi connectivity index (χ4n) is 1.77. The van der Waals surface area contributed by atoms with Crippen LogP contribution in [0.25, 0.3) is 0 Å². The first-order valence-electron chi connectivity index (χ1n) is 6.60. The molecule has 1 N–H and O–H groups in total. The second-order valence-electron chi connectivity index (χ2n) is 4.42. The molecule has 0 saturated heterocycles. The molecule has 2 aromatic carbocycles. The highest BCUT2D eigenvalue weighted by molar-refractivity contribution is 14.1. The molecule has 0 aliphatic rings. The molecule has 0 saturated carbocycles. The van der Waals surface area contributed by atoms with Gasteiger partial charge in [-0.25, -0.2) is 0 Å². The van der Waals surface area contributed by atoms with Gasteiger partial charge >= 0.3 is 0 Å². The minimum absolute atomic E-state index is 0.175. The van der Waals surface area contributed by atoms with Crippen molar-refractivity contribution in [2.45, 2.75) is 13.3 Å². The Morgan fingerprint density at radius 1 is 1.29 bits per heavy atom. The summed E-state index contributed by atoms with van der Waals surface area (Å²) in [4.78, 5) is 12.5. The van der Waals surface area contributed by atoms with Gasteiger partial charge in [0.2, 0.25) is 0 Å². The van der Waals surface area contributed by atoms with Crippen LogP contribution in [0.5, 0.6) is 5.75 Å². The van der Waals surface area contributed by atoms with Crippen molar-refractivity contribution in [3.8, 4) is 5.75 Å². The number of anilines is 1. The number of carbonyl (C=O) groups excluding carboxylic acids is 1. The molecular formula is C16H15BrINO2. The molecule has 0 spiro atoms. The van der Waals surface area contributed by atoms with E-state index in [4.69, 9.17) is 4.74 Å². The highest BCUT2D eigenvalue weighted by atomic mass is 127. The summed E-state index contributed by atoms with van der Waals surface area (Å²) in [6.45, 7) is 2.62. The Kier molecular flexibility index (Phi) is 6.05. The largest absolute Gasteiger partial charge is 0.493 e. The molecule has 5 heteroatoms. The van der Waals surface area contributed by atoms with E-state index in [9.17, 15) is 4.79 Å². The van der Waals surface area contributed by atoms with Crippen molar-refractivity contribution in [2.75, 3.05) is 11.9 Å². The van der Waals surface area contributed by atoms with E-state index in [1.165, 1.54) is 0 Å². The zero-order valence-electron chi connectivity index (χ0n) is 11.5. The molecular weight excluding hydrogens is 445 g/mol. The lowest BCUT2D eigenvalue weighted by molar-refractivity contribution is 0.102. The maximum Gasteiger partial charge on any atom is 0.259 e. The third kappa shape index (κ3) is 4.44. The van der Waals surface area contributed by atoms with Gasteiger partial charge in [0.15, 0.2) is 0 Å². The van der Waals surface area contributed by atoms with Gasteiger partial charge in [0, 0.05) is 8.04 Å². The SMILES string of the molecule is CCCOc1ccc(Br)cc1C(=O)Nc1ccccc1I. The summed E-state index contributed by atoms with van der Waals surface area (Å²) in [6, 6.07) is 13.1. The number of amides is 1. The Hall–Kier alpha value is -1.08. The maximum atomic E-state index is 12.5. The topological polar surface area (TPSA) is 38.3 Å². The Balaban J connectivity index is 2.25. The number of benzene rings is 2. The molecule has 0 fully saturated rings. The van der Waals surface area contributed by atoms with Crippen LogP contribution in [0.2, 0.25) is 0 Å². The Morgan fingerprint density at radius 3 is 2.76 bits per heavy atom. The molecule has 110 valence electrons. The zero-order chi connectivity index (χ0) is 15.2. The van der Waals surface area contributed by atoms with Gasteiger partial charge in [0.1, 0.15) is 5.75 Å². The number of hydrogen-bond donors (Lipinski definition) is 1. The van der Waals surface area contributed by atoms with Crippen molar-refractivity contribution in [3.63, 3.8) is 0 Å². The molecule has 0 aromatic heterocycles. The van der Waals surface area contributed by atoms with Gasteiger partial charge in [0.25, 0.3) is 5.91 Å². The molecule has 0 aliphatic carbocycles. The van der Waals surface area contributed by atoms with E-state index in [0.717, 1.165) is 20.2 Å². The molecule has 2 aromatic rings. The first-order chi connectivity index (χ1) is 10.1. The molecule has 0 radical (unpaired) electrons. The van der Waals surface area contributed by atoms with E-state index in [2.05, 4.69) is 43.8 Å². The fraction of sp³-hybridized carbons (Fsp3) is 0.188. The van der Waals surface area contributed by atoms with Crippen LogP contribution in [0, 0.1) is 3.57 Å². The molecule has 0 aliphatic heterocycles. The molecule has 1 amide bonds. The van der Waals surface area contributed by atoms with Crippen molar-refractivity contribution in [1.82, 2.24) is 0 Å². The van der Waals surface area contributed by atoms with Gasteiger partial charge in [-0.3, -0.25) is 4.79 Å². The van der Waals surface area contributed by atoms with Crippen LogP contribution in [-0.4, -0.2) is 12.5 Å². The molecule has 3 nitrogen and oxygen atoms in total. The summed E-state index contributed by atoms with van der Waals surface area (Å²) in [5.74, 6) is 0.426. The molecule has 21 heavy (non-hydrogen) atoms. The normalized spacial score (nSPS) is 10.2. The van der Waals surface area contributed by atoms with Crippen LogP contribution in [-0.2, 0) is 0 Å². The molecule has 2 rings (SSSR count). The minimum atomic E-state index is -0.175. The first-order valence-corrected chi connectivity index (χ1v) is 8.47. The predicted octanol–water partition coefficient (Wildman–Crippen LogP) is 5.09. The van der Waals surface area contributed by atoms with Crippen LogP contribution in [0.4, 0.5) is 5.69 Å². The Bertz CT molecular complexity index is 646. The van der Waals surface area contributed by atoms with E-state index >= 15 is 0 Å². The number of hydrogen-bond acceptors (Lipinski definition) is 2. The van der Waals surface area contributed by atoms with Crippen LogP contribution in [0.15, 0.2) is 46.9 Å². The van der Waals surface area contributed by atoms with Gasteiger partial charge < -0.3 is 10.1 Å². The molecule has 0 bridgehead atoms. The highest BCUT2D eigenvalue weighted by Crippen LogP contribution is 2.25. The monoisotopic (exact) mass is 459 g/mol. The van der Waals surface area contributed by atoms with Crippen molar-refractivity contribution in [3.05, 3.63) is 56.1 Å². The lowest BCUT2D eigenvalue weighted by atomic mass is 10.2. The van der Waals surface area contributed by atoms with Gasteiger partial charge in [-0.1, -0.05) is 35.0 Å². The predicted molar refractivity (Wildman–Crippen MR) is 97.0 cm³/mol. The number of ether oxygens (including phenoxy) is 1. The summed E-state index contributed by atoms with van der Waals surface area (Å²) >= 11 is 5.59. The van der Waals surface area contributed by atoms with E-state index in [1.807, 2.05) is 43.3 Å². The fourth-order valence-corrected chi connectivity index (χ4v) is 2.65. The van der Waals surface area contributed by atoms with E-state index in [1.54, 1.807) is 6.07 Å². The van der Waals surface area contributed by atoms with E-state index < -0.39 is 0 Å². The number of halogens is 2. The van der Waals surface area contributed by atoms with Crippen molar-refractivity contribution < 1.29 is 9.53 Å². The number of carbonyl (C=O) groups is 1. The third-order valence-corrected chi connectivity index (χ3v) is 4.20. The standard InChI is InChI=1S/C16H15BrINO2/c1-2-9-21-15-8-7-11(17)10-12(15)16(20)19-14-6-4-3-5-13(14)18/h3-8,10H,2,9H2,1H3,(H,19,20). The quantitative estimate of drug-likeness (QED) is 0.632. The van der Waals surface area contributed by atoms with Crippen LogP contribution < -0.4 is 10.1 Å². The van der Waals surface area contributed by atoms with Gasteiger partial charge in [-0.2, -0.15) is 0 Å². The summed E-state index contributed by atoms with van der Waals surface area (Å²) in [7, 11) is 0. The summed E-state index contributed by atoms with van der Waals surface area (Å²) in [6.07, 6.45) is 0.897. The van der Waals surface area contributed by atoms with Gasteiger partial charge in [-0.15, -0.1) is 0 Å². The number of rotatable bonds is 5. The molecule has 0 unspecified atom stereocenters. The highest BCUT2D eigenvalue weighted by Gasteiger charge is 2.14. The van der Waals surface area contributed by atoms with Crippen LogP contribution in [0.3, 0.4) is 0 Å². The van der Waals surface area contributed by atoms with Crippen molar-refractivity contribution in [1.29, 1.82) is 0 Å². The average molecular weight is 460 g/mol. The average Bonchev–Trinajstić information content (AvgIpc) is 2.48. The minimum Gasteiger partial charge on any atom is -0.493 e. The van der Waals surface area contributed by atoms with Gasteiger partial charge in [0.05, 0.1) is 17.9 Å². The Labute approximate surface area is 146 Å². The summed E-state index contributed by atoms with van der Waals surface area (Å²) in [5, 5.41) is 2.92. The molecule has 0 heterocycles. The van der Waals surface area contributed by atoms with Crippen molar-refractivity contribution >= 4 is 50.1 Å². The number of nitrogens with one attached hydrogen (secondary N) is 1. The second-order valence-corrected chi connectivity index (χ2v) is 6.50. The lowest BCUT2D eigenvalue weighted by Crippen LogP contribution is -2.14. The van der Waals surface area contributed by atoms with Crippen LogP contribution >= 0.6 is 38.5 Å².